The summed E-state index contributed by atoms with van der Waals surface area (Å²) in [5.74, 6) is 0. The largest absolute Gasteiger partial charge is 0.371 e. The molecule has 1 aromatic heterocycles. The van der Waals surface area contributed by atoms with E-state index in [1.54, 1.807) is 0 Å². The zero-order valence-corrected chi connectivity index (χ0v) is 9.94. The average molecular weight is 228 g/mol. The summed E-state index contributed by atoms with van der Waals surface area (Å²) in [6, 6.07) is 10.4. The summed E-state index contributed by atoms with van der Waals surface area (Å²) in [5.41, 5.74) is 3.35. The summed E-state index contributed by atoms with van der Waals surface area (Å²) in [6.45, 7) is 4.64. The third-order valence-electron chi connectivity index (χ3n) is 3.15. The Morgan fingerprint density at radius 1 is 1.35 bits per heavy atom. The number of hydrogen-bond donors (Lipinski definition) is 1. The first-order valence-electron chi connectivity index (χ1n) is 6.03. The highest BCUT2D eigenvalue weighted by molar-refractivity contribution is 5.82. The first-order chi connectivity index (χ1) is 8.34. The Morgan fingerprint density at radius 3 is 3.06 bits per heavy atom. The lowest BCUT2D eigenvalue weighted by molar-refractivity contribution is 0.0285. The van der Waals surface area contributed by atoms with E-state index < -0.39 is 0 Å². The molecular weight excluding hydrogens is 212 g/mol. The molecule has 3 rings (SSSR count). The van der Waals surface area contributed by atoms with Crippen LogP contribution in [0.3, 0.4) is 0 Å². The number of ether oxygens (including phenoxy) is 1. The highest BCUT2D eigenvalue weighted by Crippen LogP contribution is 2.27. The molecule has 88 valence electrons. The molecule has 0 aliphatic carbocycles. The Hall–Kier alpha value is -1.45. The summed E-state index contributed by atoms with van der Waals surface area (Å²) >= 11 is 0. The fourth-order valence-electron chi connectivity index (χ4n) is 2.37. The van der Waals surface area contributed by atoms with E-state index in [0.29, 0.717) is 0 Å². The Bertz CT molecular complexity index is 533. The predicted molar refractivity (Wildman–Crippen MR) is 68.0 cm³/mol. The number of aryl methyl sites for hydroxylation is 1. The van der Waals surface area contributed by atoms with Crippen LogP contribution in [-0.4, -0.2) is 24.7 Å². The van der Waals surface area contributed by atoms with Crippen molar-refractivity contribution >= 4 is 10.9 Å². The minimum atomic E-state index is 0.148. The number of morpholine rings is 1. The number of pyridine rings is 1. The van der Waals surface area contributed by atoms with Gasteiger partial charge in [-0.25, -0.2) is 0 Å². The molecule has 1 N–H and O–H groups in total. The second-order valence-electron chi connectivity index (χ2n) is 4.43. The molecule has 0 saturated carbocycles. The van der Waals surface area contributed by atoms with Crippen LogP contribution < -0.4 is 5.32 Å². The van der Waals surface area contributed by atoms with Gasteiger partial charge in [0.25, 0.3) is 0 Å². The van der Waals surface area contributed by atoms with Gasteiger partial charge in [0.2, 0.25) is 0 Å². The fourth-order valence-corrected chi connectivity index (χ4v) is 2.37. The molecule has 17 heavy (non-hydrogen) atoms. The summed E-state index contributed by atoms with van der Waals surface area (Å²) in [4.78, 5) is 4.56. The number of rotatable bonds is 1. The van der Waals surface area contributed by atoms with Crippen molar-refractivity contribution in [2.45, 2.75) is 13.0 Å². The number of nitrogens with zero attached hydrogens (tertiary/aromatic N) is 1. The molecule has 0 amide bonds. The lowest BCUT2D eigenvalue weighted by Gasteiger charge is -2.25. The topological polar surface area (TPSA) is 34.1 Å². The van der Waals surface area contributed by atoms with Gasteiger partial charge in [-0.15, -0.1) is 0 Å². The predicted octanol–water partition coefficient (Wildman–Crippen LogP) is 2.20. The van der Waals surface area contributed by atoms with E-state index in [-0.39, 0.29) is 6.10 Å². The van der Waals surface area contributed by atoms with Gasteiger partial charge in [0.05, 0.1) is 18.2 Å². The van der Waals surface area contributed by atoms with E-state index in [0.717, 1.165) is 30.9 Å². The van der Waals surface area contributed by atoms with Crippen LogP contribution in [0.4, 0.5) is 0 Å². The normalized spacial score (nSPS) is 20.6. The monoisotopic (exact) mass is 228 g/mol. The SMILES string of the molecule is Cc1cc(C2CNCCO2)c2ccccc2n1. The lowest BCUT2D eigenvalue weighted by atomic mass is 10.0. The number of benzene rings is 1. The molecule has 1 aromatic carbocycles. The number of aromatic nitrogens is 1. The average Bonchev–Trinajstić information content (AvgIpc) is 2.39. The summed E-state index contributed by atoms with van der Waals surface area (Å²) in [7, 11) is 0. The summed E-state index contributed by atoms with van der Waals surface area (Å²) in [5, 5.41) is 4.57. The van der Waals surface area contributed by atoms with Gasteiger partial charge >= 0.3 is 0 Å². The molecule has 1 fully saturated rings. The van der Waals surface area contributed by atoms with E-state index in [2.05, 4.69) is 34.6 Å². The zero-order chi connectivity index (χ0) is 11.7. The van der Waals surface area contributed by atoms with Crippen LogP contribution in [0.5, 0.6) is 0 Å². The molecule has 1 unspecified atom stereocenters. The molecule has 2 heterocycles. The quantitative estimate of drug-likeness (QED) is 0.812. The van der Waals surface area contributed by atoms with Crippen LogP contribution in [0.15, 0.2) is 30.3 Å². The first kappa shape index (κ1) is 10.7. The van der Waals surface area contributed by atoms with Crippen LogP contribution in [0, 0.1) is 6.92 Å². The summed E-state index contributed by atoms with van der Waals surface area (Å²) in [6.07, 6.45) is 0.148. The van der Waals surface area contributed by atoms with Crippen LogP contribution in [0.2, 0.25) is 0 Å². The van der Waals surface area contributed by atoms with Gasteiger partial charge < -0.3 is 10.1 Å². The van der Waals surface area contributed by atoms with Gasteiger partial charge in [-0.05, 0) is 24.6 Å². The van der Waals surface area contributed by atoms with Crippen LogP contribution >= 0.6 is 0 Å². The molecule has 0 spiro atoms. The van der Waals surface area contributed by atoms with Gasteiger partial charge in [-0.2, -0.15) is 0 Å². The van der Waals surface area contributed by atoms with Crippen molar-refractivity contribution in [3.05, 3.63) is 41.6 Å². The van der Waals surface area contributed by atoms with Gasteiger partial charge in [-0.1, -0.05) is 18.2 Å². The molecule has 3 heteroatoms. The second kappa shape index (κ2) is 4.43. The third-order valence-corrected chi connectivity index (χ3v) is 3.15. The van der Waals surface area contributed by atoms with E-state index >= 15 is 0 Å². The highest BCUT2D eigenvalue weighted by Gasteiger charge is 2.18. The molecule has 1 saturated heterocycles. The molecule has 1 aliphatic heterocycles. The number of fused-ring (bicyclic) bond motifs is 1. The standard InChI is InChI=1S/C14H16N2O/c1-10-8-12(14-9-15-6-7-17-14)11-4-2-3-5-13(11)16-10/h2-5,8,14-15H,6-7,9H2,1H3. The molecular formula is C14H16N2O. The zero-order valence-electron chi connectivity index (χ0n) is 9.94. The molecule has 2 aromatic rings. The maximum absolute atomic E-state index is 5.84. The smallest absolute Gasteiger partial charge is 0.0957 e. The van der Waals surface area contributed by atoms with Crippen LogP contribution in [-0.2, 0) is 4.74 Å². The maximum atomic E-state index is 5.84. The Morgan fingerprint density at radius 2 is 2.24 bits per heavy atom. The number of hydrogen-bond acceptors (Lipinski definition) is 3. The second-order valence-corrected chi connectivity index (χ2v) is 4.43. The maximum Gasteiger partial charge on any atom is 0.0957 e. The molecule has 1 aliphatic rings. The Labute approximate surface area is 101 Å². The molecule has 0 bridgehead atoms. The van der Waals surface area contributed by atoms with E-state index in [1.807, 2.05) is 13.0 Å². The Kier molecular flexibility index (Phi) is 2.79. The van der Waals surface area contributed by atoms with E-state index in [9.17, 15) is 0 Å². The molecule has 0 radical (unpaired) electrons. The van der Waals surface area contributed by atoms with E-state index in [1.165, 1.54) is 10.9 Å². The minimum absolute atomic E-state index is 0.148. The van der Waals surface area contributed by atoms with Crippen molar-refractivity contribution in [3.8, 4) is 0 Å². The van der Waals surface area contributed by atoms with Crippen molar-refractivity contribution in [1.82, 2.24) is 10.3 Å². The van der Waals surface area contributed by atoms with Crippen LogP contribution in [0.25, 0.3) is 10.9 Å². The minimum Gasteiger partial charge on any atom is -0.371 e. The van der Waals surface area contributed by atoms with Gasteiger partial charge in [0.1, 0.15) is 0 Å². The fraction of sp³-hybridized carbons (Fsp3) is 0.357. The highest BCUT2D eigenvalue weighted by atomic mass is 16.5. The first-order valence-corrected chi connectivity index (χ1v) is 6.03. The number of para-hydroxylation sites is 1. The molecule has 1 atom stereocenters. The van der Waals surface area contributed by atoms with Crippen molar-refractivity contribution in [2.24, 2.45) is 0 Å². The van der Waals surface area contributed by atoms with Crippen molar-refractivity contribution in [2.75, 3.05) is 19.7 Å². The number of nitrogens with one attached hydrogen (secondary N) is 1. The van der Waals surface area contributed by atoms with Crippen LogP contribution in [0.1, 0.15) is 17.4 Å². The Balaban J connectivity index is 2.13. The van der Waals surface area contributed by atoms with Crippen molar-refractivity contribution < 1.29 is 4.74 Å². The van der Waals surface area contributed by atoms with Crippen molar-refractivity contribution in [3.63, 3.8) is 0 Å². The third kappa shape index (κ3) is 2.04. The molecule has 3 nitrogen and oxygen atoms in total. The van der Waals surface area contributed by atoms with Gasteiger partial charge in [0, 0.05) is 24.2 Å². The van der Waals surface area contributed by atoms with Gasteiger partial charge in [-0.3, -0.25) is 4.98 Å². The van der Waals surface area contributed by atoms with E-state index in [4.69, 9.17) is 4.74 Å². The summed E-state index contributed by atoms with van der Waals surface area (Å²) < 4.78 is 5.84. The van der Waals surface area contributed by atoms with Gasteiger partial charge in [0.15, 0.2) is 0 Å². The van der Waals surface area contributed by atoms with Crippen molar-refractivity contribution in [1.29, 1.82) is 0 Å². The lowest BCUT2D eigenvalue weighted by Crippen LogP contribution is -2.33.